The molecule has 0 fully saturated rings. The summed E-state index contributed by atoms with van der Waals surface area (Å²) in [5, 5.41) is 4.38. The molecule has 96 valence electrons. The van der Waals surface area contributed by atoms with Gasteiger partial charge in [0.1, 0.15) is 17.0 Å². The molecular formula is C13H13N5O. The van der Waals surface area contributed by atoms with Gasteiger partial charge in [-0.25, -0.2) is 0 Å². The second-order valence-corrected chi connectivity index (χ2v) is 4.46. The average Bonchev–Trinajstić information content (AvgIpc) is 2.74. The Labute approximate surface area is 109 Å². The van der Waals surface area contributed by atoms with E-state index in [4.69, 9.17) is 0 Å². The first-order valence-electron chi connectivity index (χ1n) is 5.92. The fourth-order valence-electron chi connectivity index (χ4n) is 2.24. The van der Waals surface area contributed by atoms with Crippen molar-refractivity contribution in [3.63, 3.8) is 0 Å². The number of aromatic nitrogens is 5. The minimum atomic E-state index is -0.149. The van der Waals surface area contributed by atoms with Crippen LogP contribution in [0, 0.1) is 13.8 Å². The maximum Gasteiger partial charge on any atom is 0.274 e. The quantitative estimate of drug-likeness (QED) is 0.653. The van der Waals surface area contributed by atoms with Gasteiger partial charge in [-0.05, 0) is 13.8 Å². The standard InChI is InChI=1S/C13H13N5O/c1-8-11(12-9(2)14-5-6-15-12)16-18-10(19)4-7-17(3)13(8)18/h4-7H,1-3H3. The summed E-state index contributed by atoms with van der Waals surface area (Å²) in [7, 11) is 1.89. The fourth-order valence-corrected chi connectivity index (χ4v) is 2.24. The Morgan fingerprint density at radius 1 is 1.11 bits per heavy atom. The molecule has 6 nitrogen and oxygen atoms in total. The first kappa shape index (κ1) is 11.6. The Kier molecular flexibility index (Phi) is 2.45. The lowest BCUT2D eigenvalue weighted by molar-refractivity contribution is 0.823. The summed E-state index contributed by atoms with van der Waals surface area (Å²) >= 11 is 0. The molecule has 3 heterocycles. The zero-order chi connectivity index (χ0) is 13.6. The van der Waals surface area contributed by atoms with Crippen molar-refractivity contribution in [2.24, 2.45) is 7.05 Å². The van der Waals surface area contributed by atoms with Crippen molar-refractivity contribution in [2.75, 3.05) is 0 Å². The van der Waals surface area contributed by atoms with E-state index >= 15 is 0 Å². The first-order valence-corrected chi connectivity index (χ1v) is 5.92. The summed E-state index contributed by atoms with van der Waals surface area (Å²) in [5.41, 5.74) is 3.75. The molecule has 0 N–H and O–H groups in total. The lowest BCUT2D eigenvalue weighted by Crippen LogP contribution is -2.15. The number of nitrogens with zero attached hydrogens (tertiary/aromatic N) is 5. The summed E-state index contributed by atoms with van der Waals surface area (Å²) < 4.78 is 3.28. The van der Waals surface area contributed by atoms with E-state index in [1.54, 1.807) is 18.6 Å². The highest BCUT2D eigenvalue weighted by atomic mass is 16.1. The van der Waals surface area contributed by atoms with Gasteiger partial charge in [-0.1, -0.05) is 0 Å². The zero-order valence-electron chi connectivity index (χ0n) is 11.0. The maximum absolute atomic E-state index is 11.9. The van der Waals surface area contributed by atoms with E-state index in [9.17, 15) is 4.79 Å². The van der Waals surface area contributed by atoms with Crippen molar-refractivity contribution in [2.45, 2.75) is 13.8 Å². The summed E-state index contributed by atoms with van der Waals surface area (Å²) in [5.74, 6) is 0. The highest BCUT2D eigenvalue weighted by Crippen LogP contribution is 2.23. The molecule has 0 amide bonds. The van der Waals surface area contributed by atoms with Gasteiger partial charge in [0.05, 0.1) is 5.69 Å². The van der Waals surface area contributed by atoms with Gasteiger partial charge in [-0.15, -0.1) is 0 Å². The van der Waals surface area contributed by atoms with Crippen LogP contribution >= 0.6 is 0 Å². The molecule has 0 saturated carbocycles. The molecule has 0 aliphatic carbocycles. The first-order chi connectivity index (χ1) is 9.09. The average molecular weight is 255 g/mol. The van der Waals surface area contributed by atoms with E-state index in [-0.39, 0.29) is 5.56 Å². The second kappa shape index (κ2) is 4.01. The summed E-state index contributed by atoms with van der Waals surface area (Å²) in [6.45, 7) is 3.81. The molecule has 0 aromatic carbocycles. The Hall–Kier alpha value is -2.50. The van der Waals surface area contributed by atoms with Crippen LogP contribution in [0.5, 0.6) is 0 Å². The summed E-state index contributed by atoms with van der Waals surface area (Å²) in [6, 6.07) is 1.49. The third kappa shape index (κ3) is 1.64. The Bertz CT molecular complexity index is 831. The third-order valence-electron chi connectivity index (χ3n) is 3.18. The van der Waals surface area contributed by atoms with Gasteiger partial charge in [0, 0.05) is 37.3 Å². The Morgan fingerprint density at radius 2 is 1.84 bits per heavy atom. The molecular weight excluding hydrogens is 242 g/mol. The normalized spacial score (nSPS) is 11.1. The monoisotopic (exact) mass is 255 g/mol. The molecule has 0 atom stereocenters. The molecule has 0 saturated heterocycles. The number of aryl methyl sites for hydroxylation is 3. The zero-order valence-corrected chi connectivity index (χ0v) is 11.0. The highest BCUT2D eigenvalue weighted by molar-refractivity contribution is 5.68. The molecule has 3 rings (SSSR count). The van der Waals surface area contributed by atoms with Gasteiger partial charge < -0.3 is 4.57 Å². The summed E-state index contributed by atoms with van der Waals surface area (Å²) in [4.78, 5) is 20.4. The van der Waals surface area contributed by atoms with Crippen LogP contribution in [0.4, 0.5) is 0 Å². The fraction of sp³-hybridized carbons (Fsp3) is 0.231. The number of hydrogen-bond acceptors (Lipinski definition) is 4. The van der Waals surface area contributed by atoms with Crippen molar-refractivity contribution in [3.8, 4) is 11.4 Å². The molecule has 0 bridgehead atoms. The molecule has 0 aliphatic heterocycles. The lowest BCUT2D eigenvalue weighted by atomic mass is 10.2. The van der Waals surface area contributed by atoms with Gasteiger partial charge in [-0.2, -0.15) is 9.61 Å². The Morgan fingerprint density at radius 3 is 2.53 bits per heavy atom. The van der Waals surface area contributed by atoms with Gasteiger partial charge in [-0.3, -0.25) is 14.8 Å². The van der Waals surface area contributed by atoms with E-state index < -0.39 is 0 Å². The topological polar surface area (TPSA) is 65.1 Å². The van der Waals surface area contributed by atoms with Gasteiger partial charge in [0.15, 0.2) is 0 Å². The SMILES string of the molecule is Cc1nccnc1-c1nn2c(=O)ccn(C)c2c1C. The Balaban J connectivity index is 2.42. The van der Waals surface area contributed by atoms with Crippen LogP contribution in [0.15, 0.2) is 29.5 Å². The van der Waals surface area contributed by atoms with E-state index in [0.717, 1.165) is 16.9 Å². The van der Waals surface area contributed by atoms with Gasteiger partial charge >= 0.3 is 0 Å². The van der Waals surface area contributed by atoms with Crippen LogP contribution in [0.1, 0.15) is 11.3 Å². The van der Waals surface area contributed by atoms with Crippen LogP contribution in [0.25, 0.3) is 17.0 Å². The minimum absolute atomic E-state index is 0.149. The molecule has 0 aliphatic rings. The molecule has 19 heavy (non-hydrogen) atoms. The lowest BCUT2D eigenvalue weighted by Gasteiger charge is -2.01. The predicted molar refractivity (Wildman–Crippen MR) is 70.9 cm³/mol. The van der Waals surface area contributed by atoms with Crippen molar-refractivity contribution in [1.29, 1.82) is 0 Å². The molecule has 3 aromatic rings. The number of rotatable bonds is 1. The van der Waals surface area contributed by atoms with E-state index in [1.165, 1.54) is 10.6 Å². The largest absolute Gasteiger partial charge is 0.335 e. The minimum Gasteiger partial charge on any atom is -0.335 e. The van der Waals surface area contributed by atoms with Crippen LogP contribution < -0.4 is 5.56 Å². The second-order valence-electron chi connectivity index (χ2n) is 4.46. The van der Waals surface area contributed by atoms with Crippen molar-refractivity contribution in [1.82, 2.24) is 24.1 Å². The van der Waals surface area contributed by atoms with Crippen LogP contribution in [0.3, 0.4) is 0 Å². The molecule has 6 heteroatoms. The number of hydrogen-bond donors (Lipinski definition) is 0. The van der Waals surface area contributed by atoms with Crippen LogP contribution in [-0.2, 0) is 7.05 Å². The summed E-state index contributed by atoms with van der Waals surface area (Å²) in [6.07, 6.45) is 5.01. The molecule has 0 spiro atoms. The van der Waals surface area contributed by atoms with Crippen molar-refractivity contribution < 1.29 is 0 Å². The highest BCUT2D eigenvalue weighted by Gasteiger charge is 2.16. The molecule has 0 unspecified atom stereocenters. The van der Waals surface area contributed by atoms with Crippen molar-refractivity contribution >= 4 is 5.65 Å². The van der Waals surface area contributed by atoms with E-state index in [2.05, 4.69) is 15.1 Å². The predicted octanol–water partition coefficient (Wildman–Crippen LogP) is 1.11. The van der Waals surface area contributed by atoms with Gasteiger partial charge in [0.2, 0.25) is 0 Å². The van der Waals surface area contributed by atoms with E-state index in [1.807, 2.05) is 25.5 Å². The maximum atomic E-state index is 11.9. The molecule has 0 radical (unpaired) electrons. The van der Waals surface area contributed by atoms with Crippen LogP contribution in [-0.4, -0.2) is 24.1 Å². The van der Waals surface area contributed by atoms with Crippen molar-refractivity contribution in [3.05, 3.63) is 46.3 Å². The number of fused-ring (bicyclic) bond motifs is 1. The van der Waals surface area contributed by atoms with Crippen LogP contribution in [0.2, 0.25) is 0 Å². The van der Waals surface area contributed by atoms with E-state index in [0.29, 0.717) is 11.4 Å². The third-order valence-corrected chi connectivity index (χ3v) is 3.18. The molecule has 3 aromatic heterocycles. The smallest absolute Gasteiger partial charge is 0.274 e. The van der Waals surface area contributed by atoms with Gasteiger partial charge in [0.25, 0.3) is 5.56 Å².